The lowest BCUT2D eigenvalue weighted by atomic mass is 9.90. The molecule has 2 saturated heterocycles. The molecule has 7 heteroatoms. The minimum absolute atomic E-state index is 0.0251. The molecule has 2 heterocycles. The maximum atomic E-state index is 12.3. The Hall–Kier alpha value is -0.660. The normalized spacial score (nSPS) is 33.4. The lowest BCUT2D eigenvalue weighted by molar-refractivity contribution is -0.146. The van der Waals surface area contributed by atoms with Crippen molar-refractivity contribution in [2.24, 2.45) is 5.41 Å². The summed E-state index contributed by atoms with van der Waals surface area (Å²) in [5.41, 5.74) is -0.958. The van der Waals surface area contributed by atoms with Crippen molar-refractivity contribution in [3.8, 4) is 0 Å². The zero-order chi connectivity index (χ0) is 14.1. The van der Waals surface area contributed by atoms with Crippen molar-refractivity contribution in [1.29, 1.82) is 0 Å². The topological polar surface area (TPSA) is 83.9 Å². The molecule has 6 nitrogen and oxygen atoms in total. The Kier molecular flexibility index (Phi) is 4.17. The highest BCUT2D eigenvalue weighted by Crippen LogP contribution is 2.32. The molecule has 1 N–H and O–H groups in total. The smallest absolute Gasteiger partial charge is 0.310 e. The fourth-order valence-electron chi connectivity index (χ4n) is 2.61. The van der Waals surface area contributed by atoms with Crippen molar-refractivity contribution < 1.29 is 23.1 Å². The number of ether oxygens (including phenoxy) is 1. The van der Waals surface area contributed by atoms with E-state index < -0.39 is 21.4 Å². The molecule has 0 aliphatic carbocycles. The van der Waals surface area contributed by atoms with E-state index in [1.165, 1.54) is 4.31 Å². The second-order valence-corrected chi connectivity index (χ2v) is 7.73. The van der Waals surface area contributed by atoms with Gasteiger partial charge < -0.3 is 9.84 Å². The van der Waals surface area contributed by atoms with Crippen molar-refractivity contribution in [2.75, 3.05) is 25.4 Å². The molecule has 0 bridgehead atoms. The van der Waals surface area contributed by atoms with Crippen LogP contribution in [-0.2, 0) is 19.6 Å². The van der Waals surface area contributed by atoms with Crippen LogP contribution in [0.25, 0.3) is 0 Å². The third-order valence-electron chi connectivity index (χ3n) is 4.02. The number of hydrogen-bond donors (Lipinski definition) is 1. The van der Waals surface area contributed by atoms with Crippen LogP contribution in [0.4, 0.5) is 0 Å². The molecule has 2 aliphatic rings. The summed E-state index contributed by atoms with van der Waals surface area (Å²) < 4.78 is 31.3. The first-order chi connectivity index (χ1) is 8.83. The van der Waals surface area contributed by atoms with Gasteiger partial charge in [-0.15, -0.1) is 0 Å². The fourth-order valence-corrected chi connectivity index (χ4v) is 4.40. The van der Waals surface area contributed by atoms with Gasteiger partial charge in [0.2, 0.25) is 10.0 Å². The zero-order valence-corrected chi connectivity index (χ0v) is 12.0. The van der Waals surface area contributed by atoms with Crippen molar-refractivity contribution in [3.05, 3.63) is 0 Å². The first-order valence-electron chi connectivity index (χ1n) is 6.66. The average molecular weight is 291 g/mol. The van der Waals surface area contributed by atoms with Gasteiger partial charge in [0.25, 0.3) is 0 Å². The quantitative estimate of drug-likeness (QED) is 0.823. The highest BCUT2D eigenvalue weighted by atomic mass is 32.2. The van der Waals surface area contributed by atoms with Gasteiger partial charge in [0.1, 0.15) is 0 Å². The molecule has 0 aromatic carbocycles. The molecule has 0 aromatic rings. The van der Waals surface area contributed by atoms with E-state index in [0.29, 0.717) is 13.0 Å². The maximum absolute atomic E-state index is 12.3. The summed E-state index contributed by atoms with van der Waals surface area (Å²) in [5.74, 6) is -0.956. The first kappa shape index (κ1) is 14.7. The van der Waals surface area contributed by atoms with Crippen LogP contribution in [0, 0.1) is 5.41 Å². The summed E-state index contributed by atoms with van der Waals surface area (Å²) in [4.78, 5) is 11.1. The number of aliphatic carboxylic acids is 1. The third kappa shape index (κ3) is 3.27. The second kappa shape index (κ2) is 5.38. The van der Waals surface area contributed by atoms with Crippen molar-refractivity contribution >= 4 is 16.0 Å². The average Bonchev–Trinajstić information content (AvgIpc) is 2.75. The molecule has 2 unspecified atom stereocenters. The number of nitrogens with zero attached hydrogens (tertiary/aromatic N) is 1. The van der Waals surface area contributed by atoms with Gasteiger partial charge in [-0.2, -0.15) is 0 Å². The molecule has 2 fully saturated rings. The minimum Gasteiger partial charge on any atom is -0.481 e. The van der Waals surface area contributed by atoms with Gasteiger partial charge in [-0.25, -0.2) is 12.7 Å². The van der Waals surface area contributed by atoms with E-state index in [9.17, 15) is 13.2 Å². The van der Waals surface area contributed by atoms with E-state index in [2.05, 4.69) is 0 Å². The molecule has 0 saturated carbocycles. The maximum Gasteiger partial charge on any atom is 0.310 e. The van der Waals surface area contributed by atoms with Crippen molar-refractivity contribution in [3.63, 3.8) is 0 Å². The number of rotatable bonds is 4. The lowest BCUT2D eigenvalue weighted by Gasteiger charge is -2.25. The van der Waals surface area contributed by atoms with E-state index >= 15 is 0 Å². The van der Waals surface area contributed by atoms with Crippen LogP contribution in [0.3, 0.4) is 0 Å². The van der Waals surface area contributed by atoms with Crippen LogP contribution < -0.4 is 0 Å². The number of carboxylic acid groups (broad SMARTS) is 1. The molecular weight excluding hydrogens is 270 g/mol. The molecule has 2 aliphatic heterocycles. The van der Waals surface area contributed by atoms with Crippen LogP contribution in [0.15, 0.2) is 0 Å². The summed E-state index contributed by atoms with van der Waals surface area (Å²) in [7, 11) is -3.42. The monoisotopic (exact) mass is 291 g/mol. The van der Waals surface area contributed by atoms with Crippen molar-refractivity contribution in [1.82, 2.24) is 4.31 Å². The zero-order valence-electron chi connectivity index (χ0n) is 11.2. The summed E-state index contributed by atoms with van der Waals surface area (Å²) >= 11 is 0. The minimum atomic E-state index is -3.42. The number of carboxylic acids is 1. The van der Waals surface area contributed by atoms with E-state index in [1.54, 1.807) is 6.92 Å². The molecule has 0 radical (unpaired) electrons. The third-order valence-corrected chi connectivity index (χ3v) is 5.91. The van der Waals surface area contributed by atoms with E-state index in [0.717, 1.165) is 19.3 Å². The highest BCUT2D eigenvalue weighted by molar-refractivity contribution is 7.89. The summed E-state index contributed by atoms with van der Waals surface area (Å²) in [6.45, 7) is 2.57. The number of hydrogen-bond acceptors (Lipinski definition) is 4. The van der Waals surface area contributed by atoms with Crippen LogP contribution in [0.2, 0.25) is 0 Å². The van der Waals surface area contributed by atoms with Crippen LogP contribution >= 0.6 is 0 Å². The summed E-state index contributed by atoms with van der Waals surface area (Å²) in [6, 6.07) is 0. The SMILES string of the molecule is CC1(C(=O)O)CCN(S(=O)(=O)CC2CCCCO2)C1. The summed E-state index contributed by atoms with van der Waals surface area (Å²) in [5, 5.41) is 9.13. The van der Waals surface area contributed by atoms with Gasteiger partial charge in [-0.1, -0.05) is 0 Å². The van der Waals surface area contributed by atoms with Gasteiger partial charge in [0, 0.05) is 19.7 Å². The molecule has 0 amide bonds. The standard InChI is InChI=1S/C12H21NO5S/c1-12(11(14)15)5-6-13(9-12)19(16,17)8-10-4-2-3-7-18-10/h10H,2-9H2,1H3,(H,14,15). The lowest BCUT2D eigenvalue weighted by Crippen LogP contribution is -2.39. The molecule has 0 spiro atoms. The number of sulfonamides is 1. The molecule has 19 heavy (non-hydrogen) atoms. The highest BCUT2D eigenvalue weighted by Gasteiger charge is 2.44. The summed E-state index contributed by atoms with van der Waals surface area (Å²) in [6.07, 6.45) is 2.87. The molecular formula is C12H21NO5S. The Morgan fingerprint density at radius 3 is 2.74 bits per heavy atom. The molecule has 2 atom stereocenters. The van der Waals surface area contributed by atoms with E-state index in [4.69, 9.17) is 9.84 Å². The van der Waals surface area contributed by atoms with Gasteiger partial charge >= 0.3 is 5.97 Å². The Morgan fingerprint density at radius 1 is 1.47 bits per heavy atom. The Morgan fingerprint density at radius 2 is 2.21 bits per heavy atom. The van der Waals surface area contributed by atoms with Crippen LogP contribution in [0.5, 0.6) is 0 Å². The molecule has 0 aromatic heterocycles. The number of carbonyl (C=O) groups is 1. The Labute approximate surface area is 113 Å². The van der Waals surface area contributed by atoms with Crippen molar-refractivity contribution in [2.45, 2.75) is 38.7 Å². The van der Waals surface area contributed by atoms with Gasteiger partial charge in [-0.05, 0) is 32.6 Å². The Bertz CT molecular complexity index is 443. The molecule has 110 valence electrons. The predicted molar refractivity (Wildman–Crippen MR) is 69.3 cm³/mol. The van der Waals surface area contributed by atoms with Gasteiger partial charge in [-0.3, -0.25) is 4.79 Å². The van der Waals surface area contributed by atoms with Crippen LogP contribution in [-0.4, -0.2) is 55.4 Å². The van der Waals surface area contributed by atoms with Crippen LogP contribution in [0.1, 0.15) is 32.6 Å². The van der Waals surface area contributed by atoms with E-state index in [1.807, 2.05) is 0 Å². The first-order valence-corrected chi connectivity index (χ1v) is 8.27. The fraction of sp³-hybridized carbons (Fsp3) is 0.917. The van der Waals surface area contributed by atoms with Gasteiger partial charge in [0.05, 0.1) is 17.3 Å². The largest absolute Gasteiger partial charge is 0.481 e. The predicted octanol–water partition coefficient (Wildman–Crippen LogP) is 0.682. The van der Waals surface area contributed by atoms with Gasteiger partial charge in [0.15, 0.2) is 0 Å². The second-order valence-electron chi connectivity index (χ2n) is 5.72. The molecule has 2 rings (SSSR count). The Balaban J connectivity index is 1.99. The van der Waals surface area contributed by atoms with E-state index in [-0.39, 0.29) is 24.9 Å².